The van der Waals surface area contributed by atoms with Gasteiger partial charge in [-0.3, -0.25) is 9.59 Å². The van der Waals surface area contributed by atoms with E-state index in [1.807, 2.05) is 0 Å². The maximum Gasteiger partial charge on any atom is 0.239 e. The maximum atomic E-state index is 14.8. The molecular weight excluding hydrogens is 505 g/mol. The Balaban J connectivity index is 1.89. The van der Waals surface area contributed by atoms with Crippen LogP contribution < -0.4 is 10.6 Å². The van der Waals surface area contributed by atoms with Crippen molar-refractivity contribution in [2.75, 3.05) is 5.32 Å². The number of rotatable bonds is 2. The number of hydrogen-bond donors (Lipinski definition) is 2. The Morgan fingerprint density at radius 3 is 2.50 bits per heavy atom. The number of fused-ring (bicyclic) bond motifs is 2. The van der Waals surface area contributed by atoms with Gasteiger partial charge in [0, 0.05) is 16.6 Å². The minimum atomic E-state index is -1.62. The zero-order chi connectivity index (χ0) is 24.4. The number of halogens is 5. The summed E-state index contributed by atoms with van der Waals surface area (Å²) in [7, 11) is 0. The van der Waals surface area contributed by atoms with Crippen LogP contribution in [0.1, 0.15) is 34.2 Å². The number of benzene rings is 3. The molecule has 5 rings (SSSR count). The highest BCUT2D eigenvalue weighted by Gasteiger charge is 2.64. The van der Waals surface area contributed by atoms with Gasteiger partial charge in [-0.1, -0.05) is 41.4 Å². The SMILES string of the molecule is Cc1ccc(F)cc1C1NC(=O)C(Cl)C(c2cccc(Cl)c2)C12C(=O)Nc1cc(Cl)c(F)cc12. The van der Waals surface area contributed by atoms with E-state index >= 15 is 0 Å². The summed E-state index contributed by atoms with van der Waals surface area (Å²) < 4.78 is 29.2. The average Bonchev–Trinajstić information content (AvgIpc) is 3.04. The monoisotopic (exact) mass is 520 g/mol. The second kappa shape index (κ2) is 8.22. The molecule has 1 saturated heterocycles. The summed E-state index contributed by atoms with van der Waals surface area (Å²) in [6.07, 6.45) is 0. The van der Waals surface area contributed by atoms with E-state index in [1.165, 1.54) is 24.3 Å². The molecule has 2 N–H and O–H groups in total. The first-order chi connectivity index (χ1) is 16.1. The van der Waals surface area contributed by atoms with Crippen molar-refractivity contribution in [2.45, 2.75) is 29.7 Å². The molecule has 4 unspecified atom stereocenters. The van der Waals surface area contributed by atoms with E-state index in [-0.39, 0.29) is 10.6 Å². The van der Waals surface area contributed by atoms with Crippen molar-refractivity contribution in [3.63, 3.8) is 0 Å². The third-order valence-corrected chi connectivity index (χ3v) is 7.64. The third-order valence-electron chi connectivity index (χ3n) is 6.67. The molecule has 34 heavy (non-hydrogen) atoms. The number of piperidine rings is 1. The number of carbonyl (C=O) groups excluding carboxylic acids is 2. The molecule has 2 aliphatic rings. The van der Waals surface area contributed by atoms with Gasteiger partial charge in [0.05, 0.1) is 11.1 Å². The lowest BCUT2D eigenvalue weighted by molar-refractivity contribution is -0.131. The Morgan fingerprint density at radius 1 is 1.00 bits per heavy atom. The van der Waals surface area contributed by atoms with Gasteiger partial charge in [-0.15, -0.1) is 11.6 Å². The molecule has 2 amide bonds. The lowest BCUT2D eigenvalue weighted by atomic mass is 9.58. The largest absolute Gasteiger partial charge is 0.347 e. The molecule has 4 atom stereocenters. The van der Waals surface area contributed by atoms with E-state index in [9.17, 15) is 18.4 Å². The van der Waals surface area contributed by atoms with Crippen LogP contribution in [0.25, 0.3) is 0 Å². The van der Waals surface area contributed by atoms with Crippen LogP contribution in [0.5, 0.6) is 0 Å². The van der Waals surface area contributed by atoms with E-state index in [4.69, 9.17) is 34.8 Å². The van der Waals surface area contributed by atoms with E-state index in [2.05, 4.69) is 10.6 Å². The summed E-state index contributed by atoms with van der Waals surface area (Å²) in [5.41, 5.74) is 0.470. The first-order valence-electron chi connectivity index (χ1n) is 10.4. The third kappa shape index (κ3) is 3.31. The number of nitrogens with one attached hydrogen (secondary N) is 2. The van der Waals surface area contributed by atoms with Crippen LogP contribution in [0, 0.1) is 18.6 Å². The van der Waals surface area contributed by atoms with Crippen molar-refractivity contribution in [2.24, 2.45) is 0 Å². The second-order valence-corrected chi connectivity index (χ2v) is 9.83. The fourth-order valence-electron chi connectivity index (χ4n) is 5.21. The zero-order valence-corrected chi connectivity index (χ0v) is 19.9. The number of amides is 2. The molecule has 1 spiro atoms. The lowest BCUT2D eigenvalue weighted by Crippen LogP contribution is -2.61. The summed E-state index contributed by atoms with van der Waals surface area (Å²) in [6.45, 7) is 1.74. The van der Waals surface area contributed by atoms with Crippen LogP contribution in [0.15, 0.2) is 54.6 Å². The molecule has 3 aromatic carbocycles. The number of hydrogen-bond acceptors (Lipinski definition) is 2. The molecule has 174 valence electrons. The van der Waals surface area contributed by atoms with Gasteiger partial charge in [-0.25, -0.2) is 8.78 Å². The smallest absolute Gasteiger partial charge is 0.239 e. The number of carbonyl (C=O) groups is 2. The van der Waals surface area contributed by atoms with Crippen molar-refractivity contribution in [3.8, 4) is 0 Å². The highest BCUT2D eigenvalue weighted by molar-refractivity contribution is 6.33. The zero-order valence-electron chi connectivity index (χ0n) is 17.6. The van der Waals surface area contributed by atoms with Crippen LogP contribution >= 0.6 is 34.8 Å². The highest BCUT2D eigenvalue weighted by atomic mass is 35.5. The summed E-state index contributed by atoms with van der Waals surface area (Å²) in [4.78, 5) is 27.0. The fraction of sp³-hybridized carbons (Fsp3) is 0.200. The molecule has 0 radical (unpaired) electrons. The molecular formula is C25H17Cl3F2N2O2. The Morgan fingerprint density at radius 2 is 1.76 bits per heavy atom. The molecule has 0 bridgehead atoms. The van der Waals surface area contributed by atoms with Gasteiger partial charge in [-0.2, -0.15) is 0 Å². The first-order valence-corrected chi connectivity index (χ1v) is 11.6. The van der Waals surface area contributed by atoms with Crippen molar-refractivity contribution in [1.82, 2.24) is 5.32 Å². The lowest BCUT2D eigenvalue weighted by Gasteiger charge is -2.48. The van der Waals surface area contributed by atoms with Crippen LogP contribution in [0.2, 0.25) is 10.0 Å². The number of anilines is 1. The summed E-state index contributed by atoms with van der Waals surface area (Å²) in [6, 6.07) is 12.2. The maximum absolute atomic E-state index is 14.8. The fourth-order valence-corrected chi connectivity index (χ4v) is 5.98. The van der Waals surface area contributed by atoms with Gasteiger partial charge in [0.1, 0.15) is 22.4 Å². The van der Waals surface area contributed by atoms with Gasteiger partial charge in [-0.05, 0) is 65.6 Å². The van der Waals surface area contributed by atoms with Crippen molar-refractivity contribution >= 4 is 52.3 Å². The van der Waals surface area contributed by atoms with Gasteiger partial charge in [0.25, 0.3) is 0 Å². The van der Waals surface area contributed by atoms with E-state index in [0.717, 1.165) is 0 Å². The van der Waals surface area contributed by atoms with Gasteiger partial charge in [0.2, 0.25) is 11.8 Å². The summed E-state index contributed by atoms with van der Waals surface area (Å²) >= 11 is 18.9. The topological polar surface area (TPSA) is 58.2 Å². The van der Waals surface area contributed by atoms with Gasteiger partial charge in [0.15, 0.2) is 0 Å². The molecule has 2 heterocycles. The molecule has 2 aliphatic heterocycles. The van der Waals surface area contributed by atoms with Gasteiger partial charge >= 0.3 is 0 Å². The molecule has 1 fully saturated rings. The Kier molecular flexibility index (Phi) is 5.58. The quantitative estimate of drug-likeness (QED) is 0.405. The minimum absolute atomic E-state index is 0.170. The Labute approximate surface area is 209 Å². The number of alkyl halides is 1. The van der Waals surface area contributed by atoms with Crippen LogP contribution in [-0.2, 0) is 15.0 Å². The molecule has 0 aromatic heterocycles. The van der Waals surface area contributed by atoms with Crippen molar-refractivity contribution < 1.29 is 18.4 Å². The first kappa shape index (κ1) is 23.1. The normalized spacial score (nSPS) is 25.8. The second-order valence-electron chi connectivity index (χ2n) is 8.51. The van der Waals surface area contributed by atoms with E-state index in [0.29, 0.717) is 27.4 Å². The predicted octanol–water partition coefficient (Wildman–Crippen LogP) is 6.03. The van der Waals surface area contributed by atoms with E-state index < -0.39 is 46.2 Å². The van der Waals surface area contributed by atoms with Gasteiger partial charge < -0.3 is 10.6 Å². The van der Waals surface area contributed by atoms with Crippen LogP contribution in [-0.4, -0.2) is 17.2 Å². The Hall–Kier alpha value is -2.67. The predicted molar refractivity (Wildman–Crippen MR) is 128 cm³/mol. The molecule has 0 saturated carbocycles. The van der Waals surface area contributed by atoms with Crippen molar-refractivity contribution in [3.05, 3.63) is 98.5 Å². The molecule has 0 aliphatic carbocycles. The van der Waals surface area contributed by atoms with Crippen LogP contribution in [0.4, 0.5) is 14.5 Å². The molecule has 9 heteroatoms. The highest BCUT2D eigenvalue weighted by Crippen LogP contribution is 2.59. The molecule has 3 aromatic rings. The Bertz CT molecular complexity index is 1370. The standard InChI is InChI=1S/C25H17Cl3F2N2O2/c1-11-5-6-14(29)8-15(11)22-25(16-9-18(30)17(27)10-19(16)31-24(25)34)20(21(28)23(33)32-22)12-3-2-4-13(26)7-12/h2-10,20-22H,1H3,(H,31,34)(H,32,33). The summed E-state index contributed by atoms with van der Waals surface area (Å²) in [5.74, 6) is -3.30. The summed E-state index contributed by atoms with van der Waals surface area (Å²) in [5, 5.41) is 4.60. The van der Waals surface area contributed by atoms with Crippen molar-refractivity contribution in [1.29, 1.82) is 0 Å². The number of aryl methyl sites for hydroxylation is 1. The minimum Gasteiger partial charge on any atom is -0.347 e. The molecule has 4 nitrogen and oxygen atoms in total. The van der Waals surface area contributed by atoms with E-state index in [1.54, 1.807) is 37.3 Å². The van der Waals surface area contributed by atoms with Crippen LogP contribution in [0.3, 0.4) is 0 Å². The average molecular weight is 522 g/mol.